The molecule has 0 spiro atoms. The van der Waals surface area contributed by atoms with Gasteiger partial charge in [-0.15, -0.1) is 0 Å². The molecule has 9 aromatic carbocycles. The molecule has 3 heteroatoms. The Kier molecular flexibility index (Phi) is 6.28. The van der Waals surface area contributed by atoms with Gasteiger partial charge in [0.05, 0.1) is 11.0 Å². The van der Waals surface area contributed by atoms with Gasteiger partial charge in [0.2, 0.25) is 0 Å². The average molecular weight is 721 g/mol. The fraction of sp³-hybridized carbons (Fsp3) is 0. The molecule has 0 aliphatic carbocycles. The summed E-state index contributed by atoms with van der Waals surface area (Å²) in [4.78, 5) is 0. The van der Waals surface area contributed by atoms with Crippen LogP contribution >= 0.6 is 0 Å². The van der Waals surface area contributed by atoms with E-state index in [9.17, 15) is 0 Å². The highest BCUT2D eigenvalue weighted by Crippen LogP contribution is 2.42. The van der Waals surface area contributed by atoms with Crippen molar-refractivity contribution >= 4 is 66.7 Å². The van der Waals surface area contributed by atoms with Crippen LogP contribution in [-0.4, -0.2) is 15.8 Å². The lowest BCUT2D eigenvalue weighted by Gasteiger charge is -2.34. The molecule has 2 aromatic heterocycles. The van der Waals surface area contributed by atoms with Crippen LogP contribution in [0, 0.1) is 0 Å². The van der Waals surface area contributed by atoms with E-state index in [0.29, 0.717) is 0 Å². The van der Waals surface area contributed by atoms with E-state index in [1.807, 2.05) is 0 Å². The van der Waals surface area contributed by atoms with Crippen molar-refractivity contribution in [3.8, 4) is 55.9 Å². The second-order valence-electron chi connectivity index (χ2n) is 15.7. The van der Waals surface area contributed by atoms with Crippen molar-refractivity contribution in [1.82, 2.24) is 9.13 Å². The number of fused-ring (bicyclic) bond motifs is 10. The van der Waals surface area contributed by atoms with Gasteiger partial charge in [0.15, 0.2) is 0 Å². The van der Waals surface area contributed by atoms with Crippen LogP contribution in [0.25, 0.3) is 99.5 Å². The predicted octanol–water partition coefficient (Wildman–Crippen LogP) is 11.7. The molecule has 2 aliphatic rings. The molecule has 262 valence electrons. The van der Waals surface area contributed by atoms with Crippen LogP contribution < -0.4 is 16.4 Å². The van der Waals surface area contributed by atoms with Gasteiger partial charge in [0, 0.05) is 44.0 Å². The Hall–Kier alpha value is -7.36. The molecule has 0 bridgehead atoms. The fourth-order valence-electron chi connectivity index (χ4n) is 10.2. The molecule has 13 rings (SSSR count). The maximum atomic E-state index is 2.57. The Bertz CT molecular complexity index is 3210. The molecule has 2 aliphatic heterocycles. The number of hydrogen-bond donors (Lipinski definition) is 0. The molecule has 4 heterocycles. The zero-order valence-electron chi connectivity index (χ0n) is 31.0. The Balaban J connectivity index is 1.19. The summed E-state index contributed by atoms with van der Waals surface area (Å²) < 4.78 is 5.14. The molecule has 2 nitrogen and oxygen atoms in total. The Morgan fingerprint density at radius 3 is 1.05 bits per heavy atom. The Morgan fingerprint density at radius 2 is 0.649 bits per heavy atom. The maximum Gasteiger partial charge on any atom is 0.252 e. The monoisotopic (exact) mass is 720 g/mol. The molecule has 0 saturated heterocycles. The van der Waals surface area contributed by atoms with Crippen LogP contribution in [0.4, 0.5) is 0 Å². The van der Waals surface area contributed by atoms with Crippen molar-refractivity contribution < 1.29 is 0 Å². The van der Waals surface area contributed by atoms with Gasteiger partial charge in [-0.3, -0.25) is 0 Å². The first-order valence-corrected chi connectivity index (χ1v) is 19.9. The van der Waals surface area contributed by atoms with Gasteiger partial charge in [-0.25, -0.2) is 0 Å². The third-order valence-electron chi connectivity index (χ3n) is 12.7. The predicted molar refractivity (Wildman–Crippen MR) is 242 cm³/mol. The van der Waals surface area contributed by atoms with Crippen molar-refractivity contribution in [2.45, 2.75) is 0 Å². The quantitative estimate of drug-likeness (QED) is 0.160. The third-order valence-corrected chi connectivity index (χ3v) is 12.7. The highest BCUT2D eigenvalue weighted by Gasteiger charge is 2.41. The first-order valence-electron chi connectivity index (χ1n) is 19.9. The summed E-state index contributed by atoms with van der Waals surface area (Å²) in [7, 11) is 0. The van der Waals surface area contributed by atoms with Gasteiger partial charge in [0.25, 0.3) is 6.71 Å². The van der Waals surface area contributed by atoms with Crippen molar-refractivity contribution in [2.75, 3.05) is 0 Å². The summed E-state index contributed by atoms with van der Waals surface area (Å²) in [6, 6.07) is 74.4. The maximum absolute atomic E-state index is 2.57. The first kappa shape index (κ1) is 30.9. The molecule has 0 fully saturated rings. The number of rotatable bonds is 4. The van der Waals surface area contributed by atoms with E-state index in [1.165, 1.54) is 116 Å². The minimum absolute atomic E-state index is 0.0318. The number of aromatic nitrogens is 2. The lowest BCUT2D eigenvalue weighted by Crippen LogP contribution is -2.59. The summed E-state index contributed by atoms with van der Waals surface area (Å²) in [5, 5.41) is 5.15. The van der Waals surface area contributed by atoms with Crippen LogP contribution in [0.15, 0.2) is 200 Å². The Labute approximate surface area is 330 Å². The highest BCUT2D eigenvalue weighted by molar-refractivity contribution is 7.00. The highest BCUT2D eigenvalue weighted by atomic mass is 15.0. The summed E-state index contributed by atoms with van der Waals surface area (Å²) in [5.74, 6) is 0. The molecule has 0 unspecified atom stereocenters. The summed E-state index contributed by atoms with van der Waals surface area (Å²) >= 11 is 0. The Morgan fingerprint density at radius 1 is 0.281 bits per heavy atom. The molecule has 11 aromatic rings. The van der Waals surface area contributed by atoms with Crippen molar-refractivity contribution in [1.29, 1.82) is 0 Å². The number of nitrogens with zero attached hydrogens (tertiary/aromatic N) is 2. The zero-order valence-corrected chi connectivity index (χ0v) is 31.0. The molecule has 0 atom stereocenters. The van der Waals surface area contributed by atoms with Crippen LogP contribution in [0.2, 0.25) is 0 Å². The van der Waals surface area contributed by atoms with Crippen molar-refractivity contribution in [3.63, 3.8) is 0 Å². The van der Waals surface area contributed by atoms with Crippen LogP contribution in [0.3, 0.4) is 0 Å². The van der Waals surface area contributed by atoms with Crippen LogP contribution in [0.5, 0.6) is 0 Å². The van der Waals surface area contributed by atoms with E-state index in [-0.39, 0.29) is 6.71 Å². The van der Waals surface area contributed by atoms with Crippen LogP contribution in [0.1, 0.15) is 0 Å². The van der Waals surface area contributed by atoms with E-state index in [4.69, 9.17) is 0 Å². The van der Waals surface area contributed by atoms with Crippen molar-refractivity contribution in [3.05, 3.63) is 200 Å². The minimum Gasteiger partial charge on any atom is -0.310 e. The van der Waals surface area contributed by atoms with E-state index in [1.54, 1.807) is 0 Å². The SMILES string of the molecule is c1ccc(-c2ccc3c(c2)c2cc(-c4ccccc4)cc4c2n3-c2cccc3c2B4c2cc(-c4ccccc4)cc4c5cc(-c6ccccc6)ccc5n-3c24)cc1. The largest absolute Gasteiger partial charge is 0.310 e. The molecule has 0 saturated carbocycles. The lowest BCUT2D eigenvalue weighted by molar-refractivity contribution is 1.14. The normalized spacial score (nSPS) is 12.5. The van der Waals surface area contributed by atoms with E-state index < -0.39 is 0 Å². The van der Waals surface area contributed by atoms with Gasteiger partial charge in [-0.1, -0.05) is 152 Å². The van der Waals surface area contributed by atoms with Crippen LogP contribution in [-0.2, 0) is 0 Å². The van der Waals surface area contributed by atoms with E-state index in [0.717, 1.165) is 0 Å². The van der Waals surface area contributed by atoms with E-state index >= 15 is 0 Å². The molecule has 0 N–H and O–H groups in total. The molecular formula is C54H33BN2. The second kappa shape index (κ2) is 11.6. The van der Waals surface area contributed by atoms with Gasteiger partial charge in [-0.2, -0.15) is 0 Å². The average Bonchev–Trinajstić information content (AvgIpc) is 3.80. The standard InChI is InChI=1S/C54H33BN2/c1-5-14-34(15-6-1)38-24-26-48-42(28-38)44-30-40(36-18-9-3-10-19-36)32-46-53(44)56(48)50-22-13-23-51-52(50)55(46)47-33-41(37-20-11-4-12-21-37)31-45-43-29-39(35-16-7-2-8-17-35)25-27-49(43)57(51)54(45)47/h1-33H. The van der Waals surface area contributed by atoms with Gasteiger partial charge in [-0.05, 0) is 109 Å². The third kappa shape index (κ3) is 4.31. The first-order chi connectivity index (χ1) is 28.3. The second-order valence-corrected chi connectivity index (χ2v) is 15.7. The summed E-state index contributed by atoms with van der Waals surface area (Å²) in [6.45, 7) is 0.0318. The topological polar surface area (TPSA) is 9.86 Å². The molecular weight excluding hydrogens is 687 g/mol. The molecule has 57 heavy (non-hydrogen) atoms. The summed E-state index contributed by atoms with van der Waals surface area (Å²) in [5.41, 5.74) is 21.6. The van der Waals surface area contributed by atoms with Gasteiger partial charge in [0.1, 0.15) is 0 Å². The van der Waals surface area contributed by atoms with E-state index in [2.05, 4.69) is 209 Å². The summed E-state index contributed by atoms with van der Waals surface area (Å²) in [6.07, 6.45) is 0. The van der Waals surface area contributed by atoms with Crippen molar-refractivity contribution in [2.24, 2.45) is 0 Å². The molecule has 0 radical (unpaired) electrons. The smallest absolute Gasteiger partial charge is 0.252 e. The minimum atomic E-state index is 0.0318. The fourth-order valence-corrected chi connectivity index (χ4v) is 10.2. The zero-order chi connectivity index (χ0) is 37.2. The lowest BCUT2D eigenvalue weighted by atomic mass is 9.34. The molecule has 0 amide bonds. The number of benzene rings is 9. The van der Waals surface area contributed by atoms with Gasteiger partial charge >= 0.3 is 0 Å². The van der Waals surface area contributed by atoms with Gasteiger partial charge < -0.3 is 9.13 Å². The number of hydrogen-bond acceptors (Lipinski definition) is 0.